The van der Waals surface area contributed by atoms with Gasteiger partial charge in [0.15, 0.2) is 0 Å². The summed E-state index contributed by atoms with van der Waals surface area (Å²) in [6.45, 7) is 11.1. The highest BCUT2D eigenvalue weighted by Gasteiger charge is 2.42. The molecule has 6 nitrogen and oxygen atoms in total. The van der Waals surface area contributed by atoms with Crippen molar-refractivity contribution in [2.45, 2.75) is 57.8 Å². The first kappa shape index (κ1) is 25.8. The van der Waals surface area contributed by atoms with Gasteiger partial charge in [-0.1, -0.05) is 45.0 Å². The van der Waals surface area contributed by atoms with Crippen molar-refractivity contribution in [3.05, 3.63) is 96.0 Å². The van der Waals surface area contributed by atoms with E-state index in [1.165, 1.54) is 12.1 Å². The summed E-state index contributed by atoms with van der Waals surface area (Å²) in [5.74, 6) is 1.80. The van der Waals surface area contributed by atoms with E-state index < -0.39 is 14.4 Å². The molecule has 1 N–H and O–H groups in total. The molecule has 2 aromatic carbocycles. The van der Waals surface area contributed by atoms with E-state index in [9.17, 15) is 9.18 Å². The predicted molar refractivity (Wildman–Crippen MR) is 147 cm³/mol. The molecule has 0 fully saturated rings. The van der Waals surface area contributed by atoms with Crippen LogP contribution >= 0.6 is 0 Å². The van der Waals surface area contributed by atoms with Crippen molar-refractivity contribution < 1.29 is 22.6 Å². The number of rotatable bonds is 7. The molecule has 3 heterocycles. The highest BCUT2D eigenvalue weighted by molar-refractivity contribution is 6.74. The van der Waals surface area contributed by atoms with Crippen molar-refractivity contribution in [3.63, 3.8) is 0 Å². The van der Waals surface area contributed by atoms with Crippen LogP contribution in [0.25, 0.3) is 11.3 Å². The summed E-state index contributed by atoms with van der Waals surface area (Å²) in [7, 11) is -2.03. The molecule has 0 saturated heterocycles. The first-order valence-electron chi connectivity index (χ1n) is 12.8. The monoisotopic (exact) mass is 530 g/mol. The Labute approximate surface area is 223 Å². The zero-order valence-electron chi connectivity index (χ0n) is 22.4. The molecular weight excluding hydrogens is 497 g/mol. The molecule has 5 rings (SSSR count). The Morgan fingerprint density at radius 2 is 1.87 bits per heavy atom. The second kappa shape index (κ2) is 9.83. The van der Waals surface area contributed by atoms with E-state index in [-0.39, 0.29) is 16.8 Å². The van der Waals surface area contributed by atoms with Crippen molar-refractivity contribution in [1.29, 1.82) is 0 Å². The number of hydrogen-bond donors (Lipinski definition) is 1. The van der Waals surface area contributed by atoms with Crippen LogP contribution in [0.3, 0.4) is 0 Å². The number of carbonyl (C=O) groups is 1. The van der Waals surface area contributed by atoms with Gasteiger partial charge in [-0.2, -0.15) is 4.57 Å². The second-order valence-electron chi connectivity index (χ2n) is 11.3. The smallest absolute Gasteiger partial charge is 0.359 e. The van der Waals surface area contributed by atoms with Crippen LogP contribution < -0.4 is 14.3 Å². The Morgan fingerprint density at radius 3 is 2.55 bits per heavy atom. The molecule has 0 spiro atoms. The van der Waals surface area contributed by atoms with Gasteiger partial charge in [-0.15, -0.1) is 0 Å². The van der Waals surface area contributed by atoms with Crippen molar-refractivity contribution in [1.82, 2.24) is 4.98 Å². The van der Waals surface area contributed by atoms with Crippen LogP contribution in [0.4, 0.5) is 10.2 Å². The minimum atomic E-state index is -2.03. The predicted octanol–water partition coefficient (Wildman–Crippen LogP) is 6.42. The first-order valence-corrected chi connectivity index (χ1v) is 15.7. The van der Waals surface area contributed by atoms with Gasteiger partial charge in [0.1, 0.15) is 34.9 Å². The zero-order valence-corrected chi connectivity index (χ0v) is 23.4. The molecule has 8 heteroatoms. The fourth-order valence-corrected chi connectivity index (χ4v) is 5.29. The Kier molecular flexibility index (Phi) is 6.69. The molecule has 0 aliphatic carbocycles. The number of carbonyl (C=O) groups excluding carboxylic acids is 1. The molecule has 1 aliphatic rings. The summed E-state index contributed by atoms with van der Waals surface area (Å²) in [6.07, 6.45) is 4.26. The number of aromatic nitrogens is 2. The van der Waals surface area contributed by atoms with E-state index in [0.29, 0.717) is 30.0 Å². The van der Waals surface area contributed by atoms with Crippen LogP contribution in [0.2, 0.25) is 18.1 Å². The molecule has 0 saturated carbocycles. The fraction of sp³-hybridized carbons (Fsp3) is 0.300. The maximum atomic E-state index is 13.5. The SMILES string of the molecule is CC(C)(C)[Si](C)(C)Oc1cccc(-c2c[n+]3c(c(Cc4ccc(F)cc4)n2)NC(Cc2ccco2)C3=O)c1. The zero-order chi connectivity index (χ0) is 27.1. The van der Waals surface area contributed by atoms with Crippen LogP contribution in [-0.4, -0.2) is 25.3 Å². The van der Waals surface area contributed by atoms with E-state index in [0.717, 1.165) is 22.6 Å². The third-order valence-corrected chi connectivity index (χ3v) is 11.8. The van der Waals surface area contributed by atoms with Gasteiger partial charge in [0.05, 0.1) is 12.7 Å². The van der Waals surface area contributed by atoms with Crippen LogP contribution in [0.15, 0.2) is 77.5 Å². The summed E-state index contributed by atoms with van der Waals surface area (Å²) in [4.78, 5) is 18.5. The second-order valence-corrected chi connectivity index (χ2v) is 16.0. The van der Waals surface area contributed by atoms with Crippen LogP contribution in [0.1, 0.15) is 42.6 Å². The summed E-state index contributed by atoms with van der Waals surface area (Å²) in [6, 6.07) is 17.4. The van der Waals surface area contributed by atoms with E-state index in [2.05, 4.69) is 39.2 Å². The number of furan rings is 1. The minimum Gasteiger partial charge on any atom is -0.543 e. The Bertz CT molecular complexity index is 1460. The van der Waals surface area contributed by atoms with Crippen molar-refractivity contribution in [2.24, 2.45) is 0 Å². The summed E-state index contributed by atoms with van der Waals surface area (Å²) in [5, 5.41) is 3.42. The van der Waals surface area contributed by atoms with Crippen molar-refractivity contribution in [2.75, 3.05) is 5.32 Å². The highest BCUT2D eigenvalue weighted by Crippen LogP contribution is 2.38. The molecule has 2 aromatic heterocycles. The quantitative estimate of drug-likeness (QED) is 0.221. The van der Waals surface area contributed by atoms with Gasteiger partial charge in [-0.05, 0) is 60.1 Å². The van der Waals surface area contributed by atoms with Gasteiger partial charge in [0.2, 0.25) is 14.4 Å². The van der Waals surface area contributed by atoms with Gasteiger partial charge < -0.3 is 8.84 Å². The molecule has 0 bridgehead atoms. The van der Waals surface area contributed by atoms with E-state index in [1.54, 1.807) is 29.2 Å². The molecule has 1 aliphatic heterocycles. The lowest BCUT2D eigenvalue weighted by atomic mass is 10.1. The molecule has 0 radical (unpaired) electrons. The molecule has 1 atom stereocenters. The number of halogens is 1. The molecule has 0 amide bonds. The molecule has 4 aromatic rings. The van der Waals surface area contributed by atoms with Gasteiger partial charge in [-0.25, -0.2) is 14.2 Å². The number of benzene rings is 2. The number of nitrogens with zero attached hydrogens (tertiary/aromatic N) is 2. The van der Waals surface area contributed by atoms with Crippen LogP contribution in [0.5, 0.6) is 5.75 Å². The third-order valence-electron chi connectivity index (χ3n) is 7.45. The highest BCUT2D eigenvalue weighted by atomic mass is 28.4. The lowest BCUT2D eigenvalue weighted by Crippen LogP contribution is -2.44. The summed E-state index contributed by atoms with van der Waals surface area (Å²) in [5.41, 5.74) is 3.14. The van der Waals surface area contributed by atoms with Gasteiger partial charge in [0, 0.05) is 12.0 Å². The summed E-state index contributed by atoms with van der Waals surface area (Å²) >= 11 is 0. The summed E-state index contributed by atoms with van der Waals surface area (Å²) < 4.78 is 27.2. The van der Waals surface area contributed by atoms with Gasteiger partial charge in [0.25, 0.3) is 0 Å². The largest absolute Gasteiger partial charge is 0.543 e. The number of fused-ring (bicyclic) bond motifs is 1. The minimum absolute atomic E-state index is 0.0636. The Morgan fingerprint density at radius 1 is 1.11 bits per heavy atom. The average Bonchev–Trinajstić information content (AvgIpc) is 3.48. The van der Waals surface area contributed by atoms with E-state index >= 15 is 0 Å². The third kappa shape index (κ3) is 5.27. The number of nitrogens with one attached hydrogen (secondary N) is 1. The number of anilines is 1. The van der Waals surface area contributed by atoms with Crippen LogP contribution in [0, 0.1) is 5.82 Å². The molecule has 1 unspecified atom stereocenters. The van der Waals surface area contributed by atoms with Crippen LogP contribution in [-0.2, 0) is 12.8 Å². The van der Waals surface area contributed by atoms with Gasteiger partial charge >= 0.3 is 11.7 Å². The standard InChI is InChI=1S/C30H32FN3O3Si/c1-30(2,3)38(4,5)37-24-9-6-8-21(17-24)27-19-34-28(25(32-27)16-20-11-13-22(31)14-12-20)33-26(29(34)35)18-23-10-7-15-36-23/h6-15,17,19,26H,16,18H2,1-5H3/p+1. The molecular formula is C30H33FN3O3Si+. The fourth-order valence-electron chi connectivity index (χ4n) is 4.27. The van der Waals surface area contributed by atoms with Gasteiger partial charge in [-0.3, -0.25) is 5.32 Å². The van der Waals surface area contributed by atoms with E-state index in [1.807, 2.05) is 36.4 Å². The lowest BCUT2D eigenvalue weighted by molar-refractivity contribution is -0.552. The maximum Gasteiger partial charge on any atom is 0.359 e. The topological polar surface area (TPSA) is 68.2 Å². The Balaban J connectivity index is 1.53. The average molecular weight is 531 g/mol. The Hall–Kier alpha value is -3.78. The normalized spacial score (nSPS) is 15.3. The number of hydrogen-bond acceptors (Lipinski definition) is 5. The molecule has 38 heavy (non-hydrogen) atoms. The lowest BCUT2D eigenvalue weighted by Gasteiger charge is -2.36. The first-order chi connectivity index (χ1) is 18.0. The van der Waals surface area contributed by atoms with Crippen molar-refractivity contribution in [3.8, 4) is 17.0 Å². The molecule has 196 valence electrons. The maximum absolute atomic E-state index is 13.5. The van der Waals surface area contributed by atoms with Crippen molar-refractivity contribution >= 4 is 20.0 Å². The van der Waals surface area contributed by atoms with E-state index in [4.69, 9.17) is 13.8 Å².